The molecule has 7 nitrogen and oxygen atoms in total. The number of amides is 1. The number of benzene rings is 2. The Kier molecular flexibility index (Phi) is 5.35. The molecule has 0 bridgehead atoms. The molecular weight excluding hydrogens is 434 g/mol. The van der Waals surface area contributed by atoms with E-state index in [2.05, 4.69) is 20.5 Å². The molecule has 164 valence electrons. The largest absolute Gasteiger partial charge is 0.351 e. The number of carbonyl (C=O) groups excluding carboxylic acids is 2. The van der Waals surface area contributed by atoms with Gasteiger partial charge in [0, 0.05) is 21.3 Å². The van der Waals surface area contributed by atoms with Crippen LogP contribution in [0.1, 0.15) is 42.9 Å². The molecule has 5 rings (SSSR count). The second kappa shape index (κ2) is 8.48. The van der Waals surface area contributed by atoms with Gasteiger partial charge in [-0.3, -0.25) is 14.2 Å². The van der Waals surface area contributed by atoms with Crippen LogP contribution in [0, 0.1) is 13.8 Å². The van der Waals surface area contributed by atoms with Crippen LogP contribution < -0.4 is 5.32 Å². The summed E-state index contributed by atoms with van der Waals surface area (Å²) >= 11 is 1.50. The average Bonchev–Trinajstić information content (AvgIpc) is 3.53. The highest BCUT2D eigenvalue weighted by Gasteiger charge is 2.22. The van der Waals surface area contributed by atoms with Crippen LogP contribution in [0.5, 0.6) is 0 Å². The summed E-state index contributed by atoms with van der Waals surface area (Å²) in [6.45, 7) is 3.97. The molecule has 3 aromatic heterocycles. The van der Waals surface area contributed by atoms with Crippen molar-refractivity contribution < 1.29 is 9.59 Å². The first-order valence-electron chi connectivity index (χ1n) is 10.5. The van der Waals surface area contributed by atoms with E-state index in [0.29, 0.717) is 28.5 Å². The molecule has 0 aliphatic heterocycles. The Morgan fingerprint density at radius 2 is 1.76 bits per heavy atom. The summed E-state index contributed by atoms with van der Waals surface area (Å²) in [5.74, 6) is 0.909. The molecule has 5 aromatic rings. The van der Waals surface area contributed by atoms with E-state index in [-0.39, 0.29) is 18.2 Å². The van der Waals surface area contributed by atoms with E-state index in [1.54, 1.807) is 12.1 Å². The molecule has 0 saturated heterocycles. The molecule has 8 heteroatoms. The standard InChI is InChI=1S/C25H21N5O2S/c1-15-12-19(23(31)17-8-4-3-5-9-17)25(33-15)30-16(2)28-29-22(30)14-26-24(32)21-13-18-10-6-7-11-20(18)27-21/h3-13,27H,14H2,1-2H3,(H,26,32). The van der Waals surface area contributed by atoms with Crippen molar-refractivity contribution in [2.45, 2.75) is 20.4 Å². The number of para-hydroxylation sites is 1. The number of nitrogens with zero attached hydrogens (tertiary/aromatic N) is 3. The Bertz CT molecular complexity index is 1450. The van der Waals surface area contributed by atoms with Crippen LogP contribution >= 0.6 is 11.3 Å². The highest BCUT2D eigenvalue weighted by atomic mass is 32.1. The topological polar surface area (TPSA) is 92.7 Å². The number of nitrogens with one attached hydrogen (secondary N) is 2. The van der Waals surface area contributed by atoms with E-state index in [1.807, 2.05) is 73.0 Å². The molecule has 2 aromatic carbocycles. The highest BCUT2D eigenvalue weighted by Crippen LogP contribution is 2.30. The molecule has 3 heterocycles. The van der Waals surface area contributed by atoms with E-state index in [9.17, 15) is 9.59 Å². The Morgan fingerprint density at radius 1 is 1.00 bits per heavy atom. The lowest BCUT2D eigenvalue weighted by molar-refractivity contribution is 0.0944. The SMILES string of the molecule is Cc1cc(C(=O)c2ccccc2)c(-n2c(C)nnc2CNC(=O)c2cc3ccccc3[nH]2)s1. The molecule has 0 fully saturated rings. The molecular formula is C25H21N5O2S. The zero-order valence-electron chi connectivity index (χ0n) is 18.1. The van der Waals surface area contributed by atoms with Crippen LogP contribution in [0.2, 0.25) is 0 Å². The molecule has 1 amide bonds. The Morgan fingerprint density at radius 3 is 2.55 bits per heavy atom. The quantitative estimate of drug-likeness (QED) is 0.366. The van der Waals surface area contributed by atoms with Gasteiger partial charge >= 0.3 is 0 Å². The Balaban J connectivity index is 1.43. The van der Waals surface area contributed by atoms with Crippen molar-refractivity contribution in [3.05, 3.63) is 100 Å². The summed E-state index contributed by atoms with van der Waals surface area (Å²) in [4.78, 5) is 30.1. The van der Waals surface area contributed by atoms with Crippen LogP contribution in [0.15, 0.2) is 66.7 Å². The van der Waals surface area contributed by atoms with Gasteiger partial charge in [0.1, 0.15) is 16.5 Å². The predicted molar refractivity (Wildman–Crippen MR) is 128 cm³/mol. The number of aryl methyl sites for hydroxylation is 2. The van der Waals surface area contributed by atoms with Gasteiger partial charge in [0.15, 0.2) is 11.6 Å². The molecule has 0 atom stereocenters. The van der Waals surface area contributed by atoms with Gasteiger partial charge in [-0.15, -0.1) is 21.5 Å². The second-order valence-corrected chi connectivity index (χ2v) is 8.96. The van der Waals surface area contributed by atoms with E-state index in [4.69, 9.17) is 0 Å². The van der Waals surface area contributed by atoms with Crippen molar-refractivity contribution in [2.75, 3.05) is 0 Å². The minimum absolute atomic E-state index is 0.0592. The lowest BCUT2D eigenvalue weighted by Gasteiger charge is -2.10. The van der Waals surface area contributed by atoms with Gasteiger partial charge in [-0.05, 0) is 32.0 Å². The molecule has 0 saturated carbocycles. The van der Waals surface area contributed by atoms with Gasteiger partial charge in [0.2, 0.25) is 0 Å². The third kappa shape index (κ3) is 3.96. The summed E-state index contributed by atoms with van der Waals surface area (Å²) in [5, 5.41) is 13.1. The maximum atomic E-state index is 13.2. The lowest BCUT2D eigenvalue weighted by Crippen LogP contribution is -2.25. The monoisotopic (exact) mass is 455 g/mol. The van der Waals surface area contributed by atoms with Gasteiger partial charge in [-0.25, -0.2) is 0 Å². The van der Waals surface area contributed by atoms with Gasteiger partial charge < -0.3 is 10.3 Å². The minimum Gasteiger partial charge on any atom is -0.351 e. The fourth-order valence-corrected chi connectivity index (χ4v) is 4.88. The Hall–Kier alpha value is -4.04. The van der Waals surface area contributed by atoms with E-state index < -0.39 is 0 Å². The summed E-state index contributed by atoms with van der Waals surface area (Å²) in [5.41, 5.74) is 2.59. The van der Waals surface area contributed by atoms with Crippen LogP contribution in [-0.4, -0.2) is 31.4 Å². The number of fused-ring (bicyclic) bond motifs is 1. The number of hydrogen-bond donors (Lipinski definition) is 2. The third-order valence-electron chi connectivity index (χ3n) is 5.39. The molecule has 0 aliphatic rings. The van der Waals surface area contributed by atoms with Crippen LogP contribution in [-0.2, 0) is 6.54 Å². The molecule has 0 spiro atoms. The molecule has 33 heavy (non-hydrogen) atoms. The first-order valence-corrected chi connectivity index (χ1v) is 11.3. The summed E-state index contributed by atoms with van der Waals surface area (Å²) < 4.78 is 1.85. The van der Waals surface area contributed by atoms with Crippen LogP contribution in [0.4, 0.5) is 0 Å². The van der Waals surface area contributed by atoms with Crippen molar-refractivity contribution in [2.24, 2.45) is 0 Å². The van der Waals surface area contributed by atoms with Gasteiger partial charge in [-0.2, -0.15) is 0 Å². The van der Waals surface area contributed by atoms with E-state index in [1.165, 1.54) is 11.3 Å². The maximum Gasteiger partial charge on any atom is 0.268 e. The van der Waals surface area contributed by atoms with E-state index in [0.717, 1.165) is 20.8 Å². The fourth-order valence-electron chi connectivity index (χ4n) is 3.81. The Labute approximate surface area is 194 Å². The van der Waals surface area contributed by atoms with Crippen molar-refractivity contribution in [1.29, 1.82) is 0 Å². The minimum atomic E-state index is -0.235. The van der Waals surface area contributed by atoms with Crippen molar-refractivity contribution in [3.63, 3.8) is 0 Å². The number of H-pyrrole nitrogens is 1. The predicted octanol–water partition coefficient (Wildman–Crippen LogP) is 4.59. The smallest absolute Gasteiger partial charge is 0.268 e. The van der Waals surface area contributed by atoms with Gasteiger partial charge in [0.25, 0.3) is 5.91 Å². The van der Waals surface area contributed by atoms with Crippen LogP contribution in [0.3, 0.4) is 0 Å². The number of carbonyl (C=O) groups is 2. The normalized spacial score (nSPS) is 11.1. The summed E-state index contributed by atoms with van der Waals surface area (Å²) in [7, 11) is 0. The third-order valence-corrected chi connectivity index (χ3v) is 6.43. The van der Waals surface area contributed by atoms with Crippen molar-refractivity contribution in [3.8, 4) is 5.00 Å². The molecule has 2 N–H and O–H groups in total. The fraction of sp³-hybridized carbons (Fsp3) is 0.120. The number of rotatable bonds is 6. The van der Waals surface area contributed by atoms with Gasteiger partial charge in [-0.1, -0.05) is 48.5 Å². The highest BCUT2D eigenvalue weighted by molar-refractivity contribution is 7.14. The number of aromatic amines is 1. The second-order valence-electron chi connectivity index (χ2n) is 7.72. The first kappa shape index (κ1) is 20.8. The van der Waals surface area contributed by atoms with E-state index >= 15 is 0 Å². The number of hydrogen-bond acceptors (Lipinski definition) is 5. The summed E-state index contributed by atoms with van der Waals surface area (Å²) in [6.07, 6.45) is 0. The van der Waals surface area contributed by atoms with Crippen molar-refractivity contribution in [1.82, 2.24) is 25.1 Å². The first-order chi connectivity index (χ1) is 16.0. The zero-order valence-corrected chi connectivity index (χ0v) is 18.9. The molecule has 0 aliphatic carbocycles. The average molecular weight is 456 g/mol. The van der Waals surface area contributed by atoms with Crippen molar-refractivity contribution >= 4 is 33.9 Å². The van der Waals surface area contributed by atoms with Gasteiger partial charge in [0.05, 0.1) is 12.1 Å². The molecule has 0 radical (unpaired) electrons. The molecule has 0 unspecified atom stereocenters. The zero-order chi connectivity index (χ0) is 22.9. The summed E-state index contributed by atoms with van der Waals surface area (Å²) in [6, 6.07) is 20.6. The number of ketones is 1. The number of thiophene rings is 1. The number of aromatic nitrogens is 4. The maximum absolute atomic E-state index is 13.2. The lowest BCUT2D eigenvalue weighted by atomic mass is 10.1. The van der Waals surface area contributed by atoms with Crippen LogP contribution in [0.25, 0.3) is 15.9 Å².